The van der Waals surface area contributed by atoms with Crippen molar-refractivity contribution in [2.24, 2.45) is 5.92 Å². The van der Waals surface area contributed by atoms with E-state index in [9.17, 15) is 9.59 Å². The maximum Gasteiger partial charge on any atom is 0.323 e. The highest BCUT2D eigenvalue weighted by molar-refractivity contribution is 5.79. The van der Waals surface area contributed by atoms with Crippen LogP contribution in [0.25, 0.3) is 0 Å². The maximum atomic E-state index is 11.4. The summed E-state index contributed by atoms with van der Waals surface area (Å²) in [5, 5.41) is 8.79. The molecule has 16 heavy (non-hydrogen) atoms. The lowest BCUT2D eigenvalue weighted by molar-refractivity contribution is -0.146. The molecule has 1 aliphatic carbocycles. The maximum absolute atomic E-state index is 11.4. The topological polar surface area (TPSA) is 57.6 Å². The zero-order valence-corrected chi connectivity index (χ0v) is 10.1. The molecule has 1 rings (SSSR count). The van der Waals surface area contributed by atoms with Gasteiger partial charge >= 0.3 is 5.97 Å². The van der Waals surface area contributed by atoms with E-state index < -0.39 is 5.97 Å². The first kappa shape index (κ1) is 13.0. The fraction of sp³-hybridized carbons (Fsp3) is 0.833. The summed E-state index contributed by atoms with van der Waals surface area (Å²) in [5.41, 5.74) is 0. The Bertz CT molecular complexity index is 259. The number of carboxylic acid groups (broad SMARTS) is 1. The highest BCUT2D eigenvalue weighted by Gasteiger charge is 2.27. The molecule has 0 radical (unpaired) electrons. The average molecular weight is 227 g/mol. The van der Waals surface area contributed by atoms with E-state index in [0.717, 1.165) is 12.8 Å². The van der Waals surface area contributed by atoms with Crippen molar-refractivity contribution in [1.82, 2.24) is 4.90 Å². The highest BCUT2D eigenvalue weighted by Crippen LogP contribution is 2.28. The molecular formula is C12H21NO3. The van der Waals surface area contributed by atoms with Crippen molar-refractivity contribution in [3.05, 3.63) is 0 Å². The molecule has 0 aromatic carbocycles. The van der Waals surface area contributed by atoms with Crippen molar-refractivity contribution in [2.75, 3.05) is 6.54 Å². The van der Waals surface area contributed by atoms with Crippen LogP contribution >= 0.6 is 0 Å². The molecule has 1 atom stereocenters. The summed E-state index contributed by atoms with van der Waals surface area (Å²) in [5.74, 6) is -0.602. The molecule has 1 unspecified atom stereocenters. The molecule has 0 aromatic heterocycles. The van der Waals surface area contributed by atoms with Gasteiger partial charge in [0.2, 0.25) is 5.91 Å². The number of hydrogen-bond donors (Lipinski definition) is 1. The monoisotopic (exact) mass is 227 g/mol. The molecule has 4 nitrogen and oxygen atoms in total. The van der Waals surface area contributed by atoms with E-state index in [0.29, 0.717) is 5.92 Å². The van der Waals surface area contributed by atoms with Gasteiger partial charge in [-0.1, -0.05) is 19.3 Å². The average Bonchev–Trinajstić information content (AvgIpc) is 2.25. The third-order valence-corrected chi connectivity index (χ3v) is 3.53. The number of hydrogen-bond acceptors (Lipinski definition) is 2. The predicted octanol–water partition coefficient (Wildman–Crippen LogP) is 1.89. The number of aliphatic carboxylic acids is 1. The van der Waals surface area contributed by atoms with E-state index in [1.807, 2.05) is 6.92 Å². The summed E-state index contributed by atoms with van der Waals surface area (Å²) in [6.45, 7) is 3.25. The number of amides is 1. The molecule has 0 aromatic rings. The SMILES string of the molecule is CC(=O)N(CC(=O)O)C(C)C1CCCCC1. The normalized spacial score (nSPS) is 19.1. The van der Waals surface area contributed by atoms with Crippen molar-refractivity contribution in [3.8, 4) is 0 Å². The van der Waals surface area contributed by atoms with E-state index in [-0.39, 0.29) is 18.5 Å². The van der Waals surface area contributed by atoms with Gasteiger partial charge in [0, 0.05) is 13.0 Å². The van der Waals surface area contributed by atoms with Crippen LogP contribution in [0.5, 0.6) is 0 Å². The molecule has 0 saturated heterocycles. The molecule has 0 bridgehead atoms. The lowest BCUT2D eigenvalue weighted by Gasteiger charge is -2.35. The van der Waals surface area contributed by atoms with Gasteiger partial charge in [-0.2, -0.15) is 0 Å². The molecule has 1 amide bonds. The first-order valence-electron chi connectivity index (χ1n) is 6.01. The van der Waals surface area contributed by atoms with Gasteiger partial charge < -0.3 is 10.0 Å². The summed E-state index contributed by atoms with van der Waals surface area (Å²) in [6.07, 6.45) is 5.90. The van der Waals surface area contributed by atoms with Gasteiger partial charge in [0.25, 0.3) is 0 Å². The smallest absolute Gasteiger partial charge is 0.323 e. The number of carbonyl (C=O) groups excluding carboxylic acids is 1. The van der Waals surface area contributed by atoms with Crippen LogP contribution in [0.15, 0.2) is 0 Å². The van der Waals surface area contributed by atoms with Crippen molar-refractivity contribution >= 4 is 11.9 Å². The number of nitrogens with zero attached hydrogens (tertiary/aromatic N) is 1. The van der Waals surface area contributed by atoms with Crippen molar-refractivity contribution < 1.29 is 14.7 Å². The second-order valence-electron chi connectivity index (χ2n) is 4.68. The fourth-order valence-corrected chi connectivity index (χ4v) is 2.56. The summed E-state index contributed by atoms with van der Waals surface area (Å²) in [7, 11) is 0. The van der Waals surface area contributed by atoms with Crippen LogP contribution < -0.4 is 0 Å². The molecule has 0 spiro atoms. The van der Waals surface area contributed by atoms with E-state index >= 15 is 0 Å². The van der Waals surface area contributed by atoms with Crippen molar-refractivity contribution in [2.45, 2.75) is 52.0 Å². The van der Waals surface area contributed by atoms with Crippen LogP contribution in [-0.4, -0.2) is 34.5 Å². The standard InChI is InChI=1S/C12H21NO3/c1-9(11-6-4-3-5-7-11)13(10(2)14)8-12(15)16/h9,11H,3-8H2,1-2H3,(H,15,16). The highest BCUT2D eigenvalue weighted by atomic mass is 16.4. The van der Waals surface area contributed by atoms with E-state index in [1.165, 1.54) is 31.1 Å². The minimum Gasteiger partial charge on any atom is -0.480 e. The second kappa shape index (κ2) is 5.87. The van der Waals surface area contributed by atoms with E-state index in [4.69, 9.17) is 5.11 Å². The first-order valence-corrected chi connectivity index (χ1v) is 6.01. The Morgan fingerprint density at radius 3 is 2.31 bits per heavy atom. The lowest BCUT2D eigenvalue weighted by Crippen LogP contribution is -2.45. The van der Waals surface area contributed by atoms with Gasteiger partial charge in [0.05, 0.1) is 0 Å². The molecule has 0 aliphatic heterocycles. The van der Waals surface area contributed by atoms with Gasteiger partial charge in [-0.3, -0.25) is 9.59 Å². The van der Waals surface area contributed by atoms with Crippen LogP contribution in [0, 0.1) is 5.92 Å². The van der Waals surface area contributed by atoms with Gasteiger partial charge in [0.1, 0.15) is 6.54 Å². The number of rotatable bonds is 4. The van der Waals surface area contributed by atoms with Gasteiger partial charge in [0.15, 0.2) is 0 Å². The Balaban J connectivity index is 2.61. The first-order chi connectivity index (χ1) is 7.52. The summed E-state index contributed by atoms with van der Waals surface area (Å²) in [4.78, 5) is 23.6. The van der Waals surface area contributed by atoms with Crippen LogP contribution in [0.4, 0.5) is 0 Å². The largest absolute Gasteiger partial charge is 0.480 e. The fourth-order valence-electron chi connectivity index (χ4n) is 2.56. The lowest BCUT2D eigenvalue weighted by atomic mass is 9.84. The molecule has 0 heterocycles. The van der Waals surface area contributed by atoms with Gasteiger partial charge in [-0.25, -0.2) is 0 Å². The van der Waals surface area contributed by atoms with Gasteiger partial charge in [-0.15, -0.1) is 0 Å². The van der Waals surface area contributed by atoms with Crippen LogP contribution in [0.3, 0.4) is 0 Å². The summed E-state index contributed by atoms with van der Waals surface area (Å²) in [6, 6.07) is 0.0499. The Morgan fingerprint density at radius 1 is 1.31 bits per heavy atom. The second-order valence-corrected chi connectivity index (χ2v) is 4.68. The Hall–Kier alpha value is -1.06. The van der Waals surface area contributed by atoms with Crippen molar-refractivity contribution in [1.29, 1.82) is 0 Å². The predicted molar refractivity (Wildman–Crippen MR) is 61.1 cm³/mol. The van der Waals surface area contributed by atoms with Crippen LogP contribution in [0.2, 0.25) is 0 Å². The molecule has 1 saturated carbocycles. The van der Waals surface area contributed by atoms with Crippen LogP contribution in [-0.2, 0) is 9.59 Å². The minimum atomic E-state index is -0.933. The number of carboxylic acids is 1. The third-order valence-electron chi connectivity index (χ3n) is 3.53. The summed E-state index contributed by atoms with van der Waals surface area (Å²) < 4.78 is 0. The molecule has 1 aliphatic rings. The van der Waals surface area contributed by atoms with Crippen LogP contribution in [0.1, 0.15) is 46.0 Å². The Morgan fingerprint density at radius 2 is 1.88 bits per heavy atom. The molecular weight excluding hydrogens is 206 g/mol. The molecule has 92 valence electrons. The van der Waals surface area contributed by atoms with E-state index in [2.05, 4.69) is 0 Å². The molecule has 1 N–H and O–H groups in total. The van der Waals surface area contributed by atoms with E-state index in [1.54, 1.807) is 0 Å². The van der Waals surface area contributed by atoms with Gasteiger partial charge in [-0.05, 0) is 25.7 Å². The summed E-state index contributed by atoms with van der Waals surface area (Å²) >= 11 is 0. The number of carbonyl (C=O) groups is 2. The third kappa shape index (κ3) is 3.51. The molecule has 4 heteroatoms. The van der Waals surface area contributed by atoms with Crippen molar-refractivity contribution in [3.63, 3.8) is 0 Å². The quantitative estimate of drug-likeness (QED) is 0.797. The Kier molecular flexibility index (Phi) is 4.77. The Labute approximate surface area is 96.6 Å². The minimum absolute atomic E-state index is 0.0499. The molecule has 1 fully saturated rings. The zero-order valence-electron chi connectivity index (χ0n) is 10.1. The zero-order chi connectivity index (χ0) is 12.1.